The summed E-state index contributed by atoms with van der Waals surface area (Å²) < 4.78 is 7.77. The van der Waals surface area contributed by atoms with Crippen molar-refractivity contribution in [3.8, 4) is 17.1 Å². The van der Waals surface area contributed by atoms with Gasteiger partial charge in [0.25, 0.3) is 0 Å². The Labute approximate surface area is 130 Å². The lowest BCUT2D eigenvalue weighted by molar-refractivity contribution is 0.340. The maximum absolute atomic E-state index is 6.05. The van der Waals surface area contributed by atoms with Gasteiger partial charge >= 0.3 is 0 Å². The highest BCUT2D eigenvalue weighted by Crippen LogP contribution is 2.29. The molecular formula is C18H21N3O. The van der Waals surface area contributed by atoms with Crippen LogP contribution in [0.15, 0.2) is 36.4 Å². The fourth-order valence-corrected chi connectivity index (χ4v) is 2.69. The standard InChI is InChI=1S/C18H21N3O/c1-4-21-17-9-8-14(22-5-2)11-16(17)20-18(21)13-7-6-12(3)15(19)10-13/h6-11H,4-5,19H2,1-3H3. The predicted octanol–water partition coefficient (Wildman–Crippen LogP) is 4.01. The summed E-state index contributed by atoms with van der Waals surface area (Å²) in [6, 6.07) is 12.2. The Morgan fingerprint density at radius 1 is 1.14 bits per heavy atom. The molecule has 0 saturated heterocycles. The fraction of sp³-hybridized carbons (Fsp3) is 0.278. The highest BCUT2D eigenvalue weighted by Gasteiger charge is 2.13. The van der Waals surface area contributed by atoms with Crippen LogP contribution in [0.5, 0.6) is 5.75 Å². The molecule has 2 N–H and O–H groups in total. The van der Waals surface area contributed by atoms with Gasteiger partial charge in [0.1, 0.15) is 11.6 Å². The maximum Gasteiger partial charge on any atom is 0.141 e. The van der Waals surface area contributed by atoms with Crippen LogP contribution in [-0.4, -0.2) is 16.2 Å². The maximum atomic E-state index is 6.05. The SMILES string of the molecule is CCOc1ccc2c(c1)nc(-c1ccc(C)c(N)c1)n2CC. The summed E-state index contributed by atoms with van der Waals surface area (Å²) in [5, 5.41) is 0. The average Bonchev–Trinajstić information content (AvgIpc) is 2.88. The van der Waals surface area contributed by atoms with E-state index in [1.807, 2.05) is 38.1 Å². The van der Waals surface area contributed by atoms with Crippen molar-refractivity contribution in [3.05, 3.63) is 42.0 Å². The van der Waals surface area contributed by atoms with Crippen LogP contribution in [-0.2, 0) is 6.54 Å². The van der Waals surface area contributed by atoms with Crippen molar-refractivity contribution in [2.45, 2.75) is 27.3 Å². The van der Waals surface area contributed by atoms with Gasteiger partial charge in [-0.2, -0.15) is 0 Å². The number of hydrogen-bond donors (Lipinski definition) is 1. The molecule has 0 aliphatic carbocycles. The molecule has 0 radical (unpaired) electrons. The molecule has 1 heterocycles. The Hall–Kier alpha value is -2.49. The summed E-state index contributed by atoms with van der Waals surface area (Å²) in [6.07, 6.45) is 0. The zero-order valence-corrected chi connectivity index (χ0v) is 13.3. The molecule has 22 heavy (non-hydrogen) atoms. The number of imidazole rings is 1. The van der Waals surface area contributed by atoms with Crippen LogP contribution in [0, 0.1) is 6.92 Å². The number of anilines is 1. The van der Waals surface area contributed by atoms with Gasteiger partial charge in [0.05, 0.1) is 17.6 Å². The number of nitrogen functional groups attached to an aromatic ring is 1. The van der Waals surface area contributed by atoms with Crippen LogP contribution < -0.4 is 10.5 Å². The van der Waals surface area contributed by atoms with Crippen molar-refractivity contribution in [2.24, 2.45) is 0 Å². The molecule has 4 nitrogen and oxygen atoms in total. The molecule has 0 aliphatic rings. The summed E-state index contributed by atoms with van der Waals surface area (Å²) in [5.74, 6) is 1.79. The molecule has 0 unspecified atom stereocenters. The van der Waals surface area contributed by atoms with Gasteiger partial charge in [-0.1, -0.05) is 12.1 Å². The van der Waals surface area contributed by atoms with Crippen LogP contribution in [0.1, 0.15) is 19.4 Å². The first-order chi connectivity index (χ1) is 10.6. The Morgan fingerprint density at radius 3 is 2.64 bits per heavy atom. The van der Waals surface area contributed by atoms with Gasteiger partial charge < -0.3 is 15.0 Å². The van der Waals surface area contributed by atoms with E-state index >= 15 is 0 Å². The Morgan fingerprint density at radius 2 is 1.95 bits per heavy atom. The minimum absolute atomic E-state index is 0.654. The first kappa shape index (κ1) is 14.4. The number of nitrogens with zero attached hydrogens (tertiary/aromatic N) is 2. The highest BCUT2D eigenvalue weighted by atomic mass is 16.5. The largest absolute Gasteiger partial charge is 0.494 e. The van der Waals surface area contributed by atoms with Crippen LogP contribution in [0.2, 0.25) is 0 Å². The molecule has 3 aromatic rings. The van der Waals surface area contributed by atoms with E-state index in [0.29, 0.717) is 6.61 Å². The lowest BCUT2D eigenvalue weighted by Gasteiger charge is -2.08. The van der Waals surface area contributed by atoms with E-state index < -0.39 is 0 Å². The van der Waals surface area contributed by atoms with Crippen molar-refractivity contribution >= 4 is 16.7 Å². The summed E-state index contributed by atoms with van der Waals surface area (Å²) in [7, 11) is 0. The molecular weight excluding hydrogens is 274 g/mol. The normalized spacial score (nSPS) is 11.0. The van der Waals surface area contributed by atoms with Crippen LogP contribution in [0.25, 0.3) is 22.4 Å². The van der Waals surface area contributed by atoms with E-state index in [-0.39, 0.29) is 0 Å². The highest BCUT2D eigenvalue weighted by molar-refractivity contribution is 5.82. The lowest BCUT2D eigenvalue weighted by atomic mass is 10.1. The third-order valence-corrected chi connectivity index (χ3v) is 3.88. The number of aryl methyl sites for hydroxylation is 2. The Balaban J connectivity index is 2.17. The van der Waals surface area contributed by atoms with E-state index in [1.165, 1.54) is 0 Å². The number of nitrogens with two attached hydrogens (primary N) is 1. The van der Waals surface area contributed by atoms with Crippen molar-refractivity contribution < 1.29 is 4.74 Å². The molecule has 1 aromatic heterocycles. The molecule has 0 spiro atoms. The van der Waals surface area contributed by atoms with Gasteiger partial charge in [-0.3, -0.25) is 0 Å². The van der Waals surface area contributed by atoms with Crippen molar-refractivity contribution in [2.75, 3.05) is 12.3 Å². The lowest BCUT2D eigenvalue weighted by Crippen LogP contribution is -1.98. The van der Waals surface area contributed by atoms with E-state index in [1.54, 1.807) is 0 Å². The second-order valence-electron chi connectivity index (χ2n) is 5.33. The monoisotopic (exact) mass is 295 g/mol. The molecule has 0 aliphatic heterocycles. The molecule has 2 aromatic carbocycles. The predicted molar refractivity (Wildman–Crippen MR) is 91.2 cm³/mol. The summed E-state index contributed by atoms with van der Waals surface area (Å²) in [4.78, 5) is 4.79. The molecule has 4 heteroatoms. The summed E-state index contributed by atoms with van der Waals surface area (Å²) >= 11 is 0. The molecule has 0 saturated carbocycles. The number of rotatable bonds is 4. The third kappa shape index (κ3) is 2.41. The number of aromatic nitrogens is 2. The summed E-state index contributed by atoms with van der Waals surface area (Å²) in [6.45, 7) is 7.62. The second-order valence-corrected chi connectivity index (χ2v) is 5.33. The molecule has 114 valence electrons. The quantitative estimate of drug-likeness (QED) is 0.740. The summed E-state index contributed by atoms with van der Waals surface area (Å²) in [5.41, 5.74) is 11.0. The topological polar surface area (TPSA) is 53.1 Å². The molecule has 0 fully saturated rings. The van der Waals surface area contributed by atoms with Crippen LogP contribution in [0.3, 0.4) is 0 Å². The number of hydrogen-bond acceptors (Lipinski definition) is 3. The number of ether oxygens (including phenoxy) is 1. The van der Waals surface area contributed by atoms with E-state index in [0.717, 1.165) is 46.0 Å². The van der Waals surface area contributed by atoms with Crippen molar-refractivity contribution in [3.63, 3.8) is 0 Å². The molecule has 3 rings (SSSR count). The smallest absolute Gasteiger partial charge is 0.141 e. The van der Waals surface area contributed by atoms with Crippen LogP contribution >= 0.6 is 0 Å². The average molecular weight is 295 g/mol. The van der Waals surface area contributed by atoms with Crippen molar-refractivity contribution in [1.82, 2.24) is 9.55 Å². The first-order valence-corrected chi connectivity index (χ1v) is 7.63. The zero-order valence-electron chi connectivity index (χ0n) is 13.3. The molecule has 0 amide bonds. The van der Waals surface area contributed by atoms with Crippen molar-refractivity contribution in [1.29, 1.82) is 0 Å². The number of benzene rings is 2. The Bertz CT molecular complexity index is 821. The first-order valence-electron chi connectivity index (χ1n) is 7.63. The van der Waals surface area contributed by atoms with E-state index in [9.17, 15) is 0 Å². The Kier molecular flexibility index (Phi) is 3.75. The molecule has 0 atom stereocenters. The van der Waals surface area contributed by atoms with Gasteiger partial charge in [0, 0.05) is 23.9 Å². The van der Waals surface area contributed by atoms with Gasteiger partial charge in [-0.05, 0) is 44.5 Å². The zero-order chi connectivity index (χ0) is 15.7. The fourth-order valence-electron chi connectivity index (χ4n) is 2.69. The molecule has 0 bridgehead atoms. The number of fused-ring (bicyclic) bond motifs is 1. The van der Waals surface area contributed by atoms with Gasteiger partial charge in [-0.15, -0.1) is 0 Å². The van der Waals surface area contributed by atoms with Gasteiger partial charge in [0.2, 0.25) is 0 Å². The third-order valence-electron chi connectivity index (χ3n) is 3.88. The van der Waals surface area contributed by atoms with E-state index in [4.69, 9.17) is 15.5 Å². The van der Waals surface area contributed by atoms with Gasteiger partial charge in [0.15, 0.2) is 0 Å². The van der Waals surface area contributed by atoms with Crippen LogP contribution in [0.4, 0.5) is 5.69 Å². The minimum Gasteiger partial charge on any atom is -0.494 e. The minimum atomic E-state index is 0.654. The van der Waals surface area contributed by atoms with Gasteiger partial charge in [-0.25, -0.2) is 4.98 Å². The second kappa shape index (κ2) is 5.72. The van der Waals surface area contributed by atoms with E-state index in [2.05, 4.69) is 23.6 Å².